The molecule has 1 aromatic heterocycles. The lowest BCUT2D eigenvalue weighted by Gasteiger charge is -2.17. The van der Waals surface area contributed by atoms with Gasteiger partial charge in [-0.1, -0.05) is 90.1 Å². The Bertz CT molecular complexity index is 1110. The summed E-state index contributed by atoms with van der Waals surface area (Å²) in [7, 11) is 0. The fourth-order valence-electron chi connectivity index (χ4n) is 3.17. The van der Waals surface area contributed by atoms with Crippen molar-refractivity contribution in [1.82, 2.24) is 14.8 Å². The van der Waals surface area contributed by atoms with Crippen LogP contribution in [-0.2, 0) is 0 Å². The molecule has 0 aliphatic heterocycles. The summed E-state index contributed by atoms with van der Waals surface area (Å²) < 4.78 is 2.00. The van der Waals surface area contributed by atoms with Crippen LogP contribution in [0.15, 0.2) is 90.1 Å². The molecule has 29 heavy (non-hydrogen) atoms. The number of Topliss-reactive ketones (excluding diaryl/α,β-unsaturated/α-hetero) is 1. The molecule has 0 unspecified atom stereocenters. The number of hydrogen-bond acceptors (Lipinski definition) is 4. The zero-order valence-corrected chi connectivity index (χ0v) is 17.1. The van der Waals surface area contributed by atoms with E-state index in [1.807, 2.05) is 84.3 Å². The van der Waals surface area contributed by atoms with Gasteiger partial charge in [0.1, 0.15) is 11.1 Å². The number of ketones is 1. The Morgan fingerprint density at radius 3 is 2.10 bits per heavy atom. The minimum absolute atomic E-state index is 0.0536. The van der Waals surface area contributed by atoms with E-state index in [2.05, 4.69) is 29.3 Å². The molecule has 4 aromatic rings. The van der Waals surface area contributed by atoms with Gasteiger partial charge >= 0.3 is 0 Å². The van der Waals surface area contributed by atoms with E-state index in [1.54, 1.807) is 0 Å². The molecule has 0 aliphatic rings. The number of nitrogens with zero attached hydrogens (tertiary/aromatic N) is 3. The van der Waals surface area contributed by atoms with E-state index in [9.17, 15) is 4.79 Å². The van der Waals surface area contributed by atoms with Crippen LogP contribution < -0.4 is 0 Å². The van der Waals surface area contributed by atoms with Crippen LogP contribution in [0.2, 0.25) is 0 Å². The first kappa shape index (κ1) is 19.2. The summed E-state index contributed by atoms with van der Waals surface area (Å²) in [6.45, 7) is 3.98. The monoisotopic (exact) mass is 399 g/mol. The Kier molecular flexibility index (Phi) is 5.58. The normalized spacial score (nSPS) is 11.9. The minimum atomic E-state index is -0.411. The van der Waals surface area contributed by atoms with Gasteiger partial charge in [-0.15, -0.1) is 10.2 Å². The fraction of sp³-hybridized carbons (Fsp3) is 0.125. The third-order valence-corrected chi connectivity index (χ3v) is 5.91. The number of benzene rings is 3. The summed E-state index contributed by atoms with van der Waals surface area (Å²) in [5, 5.41) is 8.94. The zero-order valence-electron chi connectivity index (χ0n) is 16.3. The molecular formula is C24H21N3OS. The third-order valence-electron chi connectivity index (χ3n) is 4.71. The summed E-state index contributed by atoms with van der Waals surface area (Å²) in [5.74, 6) is 0.841. The van der Waals surface area contributed by atoms with E-state index >= 15 is 0 Å². The van der Waals surface area contributed by atoms with Crippen molar-refractivity contribution in [3.63, 3.8) is 0 Å². The van der Waals surface area contributed by atoms with E-state index in [4.69, 9.17) is 0 Å². The molecule has 4 nitrogen and oxygen atoms in total. The first-order chi connectivity index (χ1) is 14.1. The minimum Gasteiger partial charge on any atom is -0.293 e. The van der Waals surface area contributed by atoms with Gasteiger partial charge in [-0.25, -0.2) is 0 Å². The van der Waals surface area contributed by atoms with E-state index in [-0.39, 0.29) is 5.78 Å². The largest absolute Gasteiger partial charge is 0.293 e. The molecule has 0 bridgehead atoms. The molecule has 0 spiro atoms. The lowest BCUT2D eigenvalue weighted by Crippen LogP contribution is -2.11. The van der Waals surface area contributed by atoms with Gasteiger partial charge in [-0.2, -0.15) is 0 Å². The first-order valence-electron chi connectivity index (χ1n) is 9.43. The number of rotatable bonds is 6. The third kappa shape index (κ3) is 4.15. The van der Waals surface area contributed by atoms with Gasteiger partial charge in [-0.05, 0) is 31.5 Å². The molecule has 5 heteroatoms. The molecule has 0 radical (unpaired) electrons. The van der Waals surface area contributed by atoms with Crippen molar-refractivity contribution in [2.75, 3.05) is 0 Å². The molecule has 0 saturated carbocycles. The molecule has 0 fully saturated rings. The SMILES string of the molecule is Cc1ccc(-n2c(C)nnc2S[C@@H](C(=O)c2ccccc2)c2ccccc2)cc1. The van der Waals surface area contributed by atoms with Gasteiger partial charge in [0.15, 0.2) is 10.9 Å². The lowest BCUT2D eigenvalue weighted by molar-refractivity contribution is 0.0989. The maximum absolute atomic E-state index is 13.4. The molecule has 0 saturated heterocycles. The summed E-state index contributed by atoms with van der Waals surface area (Å²) in [6, 6.07) is 27.5. The second-order valence-electron chi connectivity index (χ2n) is 6.84. The standard InChI is InChI=1S/C24H21N3OS/c1-17-13-15-21(16-14-17)27-18(2)25-26-24(27)29-23(20-11-7-4-8-12-20)22(28)19-9-5-3-6-10-19/h3-16,23H,1-2H3/t23-/m1/s1. The van der Waals surface area contributed by atoms with E-state index in [0.717, 1.165) is 17.1 Å². The van der Waals surface area contributed by atoms with Crippen molar-refractivity contribution in [3.8, 4) is 5.69 Å². The number of carbonyl (C=O) groups excluding carboxylic acids is 1. The van der Waals surface area contributed by atoms with Gasteiger partial charge < -0.3 is 0 Å². The molecule has 0 amide bonds. The summed E-state index contributed by atoms with van der Waals surface area (Å²) in [4.78, 5) is 13.4. The Labute approximate surface area is 174 Å². The van der Waals surface area contributed by atoms with Crippen LogP contribution in [0.3, 0.4) is 0 Å². The first-order valence-corrected chi connectivity index (χ1v) is 10.3. The second-order valence-corrected chi connectivity index (χ2v) is 7.91. The number of thioether (sulfide) groups is 1. The van der Waals surface area contributed by atoms with Crippen molar-refractivity contribution in [1.29, 1.82) is 0 Å². The second kappa shape index (κ2) is 8.45. The van der Waals surface area contributed by atoms with Crippen LogP contribution >= 0.6 is 11.8 Å². The Morgan fingerprint density at radius 1 is 0.828 bits per heavy atom. The van der Waals surface area contributed by atoms with Gasteiger partial charge in [0, 0.05) is 11.3 Å². The number of aromatic nitrogens is 3. The maximum atomic E-state index is 13.4. The maximum Gasteiger partial charge on any atom is 0.196 e. The van der Waals surface area contributed by atoms with Crippen molar-refractivity contribution in [2.24, 2.45) is 0 Å². The Morgan fingerprint density at radius 2 is 1.45 bits per heavy atom. The molecule has 1 heterocycles. The average molecular weight is 400 g/mol. The van der Waals surface area contributed by atoms with Crippen LogP contribution in [0.5, 0.6) is 0 Å². The topological polar surface area (TPSA) is 47.8 Å². The molecule has 3 aromatic carbocycles. The highest BCUT2D eigenvalue weighted by molar-refractivity contribution is 8.00. The Balaban J connectivity index is 1.74. The lowest BCUT2D eigenvalue weighted by atomic mass is 10.0. The smallest absolute Gasteiger partial charge is 0.196 e. The van der Waals surface area contributed by atoms with Gasteiger partial charge in [0.2, 0.25) is 0 Å². The van der Waals surface area contributed by atoms with Gasteiger partial charge in [-0.3, -0.25) is 9.36 Å². The number of hydrogen-bond donors (Lipinski definition) is 0. The molecule has 0 aliphatic carbocycles. The molecule has 1 atom stereocenters. The molecule has 144 valence electrons. The zero-order chi connectivity index (χ0) is 20.2. The highest BCUT2D eigenvalue weighted by Gasteiger charge is 2.26. The van der Waals surface area contributed by atoms with E-state index < -0.39 is 5.25 Å². The van der Waals surface area contributed by atoms with Gasteiger partial charge in [0.25, 0.3) is 0 Å². The quantitative estimate of drug-likeness (QED) is 0.313. The average Bonchev–Trinajstić information content (AvgIpc) is 3.13. The van der Waals surface area contributed by atoms with Crippen molar-refractivity contribution in [3.05, 3.63) is 107 Å². The highest BCUT2D eigenvalue weighted by atomic mass is 32.2. The van der Waals surface area contributed by atoms with E-state index in [1.165, 1.54) is 17.3 Å². The van der Waals surface area contributed by atoms with Crippen molar-refractivity contribution < 1.29 is 4.79 Å². The predicted molar refractivity (Wildman–Crippen MR) is 117 cm³/mol. The van der Waals surface area contributed by atoms with Crippen LogP contribution in [-0.4, -0.2) is 20.5 Å². The number of carbonyl (C=O) groups is 1. The number of aryl methyl sites for hydroxylation is 2. The summed E-state index contributed by atoms with van der Waals surface area (Å²) in [6.07, 6.45) is 0. The highest BCUT2D eigenvalue weighted by Crippen LogP contribution is 2.38. The van der Waals surface area contributed by atoms with Crippen LogP contribution in [0, 0.1) is 13.8 Å². The van der Waals surface area contributed by atoms with Crippen LogP contribution in [0.1, 0.15) is 32.6 Å². The van der Waals surface area contributed by atoms with Crippen LogP contribution in [0.4, 0.5) is 0 Å². The van der Waals surface area contributed by atoms with Crippen molar-refractivity contribution >= 4 is 17.5 Å². The molecule has 0 N–H and O–H groups in total. The van der Waals surface area contributed by atoms with Crippen molar-refractivity contribution in [2.45, 2.75) is 24.3 Å². The summed E-state index contributed by atoms with van der Waals surface area (Å²) >= 11 is 1.43. The van der Waals surface area contributed by atoms with Gasteiger partial charge in [0.05, 0.1) is 0 Å². The molecular weight excluding hydrogens is 378 g/mol. The Hall–Kier alpha value is -3.18. The predicted octanol–water partition coefficient (Wildman–Crippen LogP) is 5.60. The van der Waals surface area contributed by atoms with Crippen LogP contribution in [0.25, 0.3) is 5.69 Å². The summed E-state index contributed by atoms with van der Waals surface area (Å²) in [5.41, 5.74) is 3.81. The van der Waals surface area contributed by atoms with E-state index in [0.29, 0.717) is 10.7 Å². The molecule has 4 rings (SSSR count). The fourth-order valence-corrected chi connectivity index (χ4v) is 4.35.